The maximum absolute atomic E-state index is 12.4. The Balaban J connectivity index is 2.20. The summed E-state index contributed by atoms with van der Waals surface area (Å²) in [7, 11) is 1.64. The van der Waals surface area contributed by atoms with E-state index < -0.39 is 18.6 Å². The molecule has 0 aromatic heterocycles. The third-order valence-electron chi connectivity index (χ3n) is 3.10. The number of halogens is 4. The summed E-state index contributed by atoms with van der Waals surface area (Å²) in [5, 5.41) is 2.91. The normalized spacial score (nSPS) is 16.1. The Morgan fingerprint density at radius 2 is 1.85 bits per heavy atom. The van der Waals surface area contributed by atoms with Gasteiger partial charge in [0, 0.05) is 16.9 Å². The van der Waals surface area contributed by atoms with Crippen LogP contribution in [-0.4, -0.2) is 26.4 Å². The third-order valence-corrected chi connectivity index (χ3v) is 3.79. The lowest BCUT2D eigenvalue weighted by atomic mass is 10.0. The van der Waals surface area contributed by atoms with E-state index in [9.17, 15) is 13.2 Å². The highest BCUT2D eigenvalue weighted by Crippen LogP contribution is 2.39. The van der Waals surface area contributed by atoms with Crippen molar-refractivity contribution < 1.29 is 22.6 Å². The van der Waals surface area contributed by atoms with E-state index in [1.165, 1.54) is 0 Å². The van der Waals surface area contributed by atoms with E-state index in [0.29, 0.717) is 29.2 Å². The molecule has 0 saturated heterocycles. The fourth-order valence-electron chi connectivity index (χ4n) is 2.11. The van der Waals surface area contributed by atoms with Crippen molar-refractivity contribution >= 4 is 15.9 Å². The van der Waals surface area contributed by atoms with Crippen molar-refractivity contribution in [2.45, 2.75) is 25.1 Å². The minimum atomic E-state index is -4.16. The molecule has 0 radical (unpaired) electrons. The summed E-state index contributed by atoms with van der Waals surface area (Å²) in [4.78, 5) is 0. The minimum Gasteiger partial charge on any atom is -0.486 e. The van der Waals surface area contributed by atoms with E-state index in [4.69, 9.17) is 9.47 Å². The number of hydrogen-bond donors (Lipinski definition) is 1. The second-order valence-corrected chi connectivity index (χ2v) is 5.37. The van der Waals surface area contributed by atoms with Crippen molar-refractivity contribution in [3.63, 3.8) is 0 Å². The molecule has 0 bridgehead atoms. The standard InChI is InChI=1S/C13H15BrF3NO2/c1-18-10(2-3-13(15,16)17)8-6-11-12(7-9(8)14)20-5-4-19-11/h6-7,10,18H,2-5H2,1H3. The van der Waals surface area contributed by atoms with Gasteiger partial charge in [0.1, 0.15) is 13.2 Å². The van der Waals surface area contributed by atoms with Gasteiger partial charge in [-0.25, -0.2) is 0 Å². The first-order valence-corrected chi connectivity index (χ1v) is 7.03. The van der Waals surface area contributed by atoms with E-state index in [-0.39, 0.29) is 6.42 Å². The molecule has 1 aromatic carbocycles. The molecule has 20 heavy (non-hydrogen) atoms. The van der Waals surface area contributed by atoms with Crippen LogP contribution in [0.5, 0.6) is 11.5 Å². The molecule has 1 unspecified atom stereocenters. The van der Waals surface area contributed by atoms with Gasteiger partial charge >= 0.3 is 6.18 Å². The first kappa shape index (κ1) is 15.4. The quantitative estimate of drug-likeness (QED) is 0.892. The smallest absolute Gasteiger partial charge is 0.389 e. The number of hydrogen-bond acceptors (Lipinski definition) is 3. The minimum absolute atomic E-state index is 0.0295. The van der Waals surface area contributed by atoms with Crippen LogP contribution in [0.4, 0.5) is 13.2 Å². The summed E-state index contributed by atoms with van der Waals surface area (Å²) in [5.74, 6) is 1.18. The van der Waals surface area contributed by atoms with Gasteiger partial charge in [-0.3, -0.25) is 0 Å². The van der Waals surface area contributed by atoms with Crippen LogP contribution in [0.1, 0.15) is 24.4 Å². The monoisotopic (exact) mass is 353 g/mol. The molecule has 1 heterocycles. The van der Waals surface area contributed by atoms with Gasteiger partial charge in [0.25, 0.3) is 0 Å². The summed E-state index contributed by atoms with van der Waals surface area (Å²) in [5.41, 5.74) is 0.737. The van der Waals surface area contributed by atoms with Crippen LogP contribution in [0.15, 0.2) is 16.6 Å². The Morgan fingerprint density at radius 1 is 1.25 bits per heavy atom. The Morgan fingerprint density at radius 3 is 2.40 bits per heavy atom. The number of ether oxygens (including phenoxy) is 2. The number of nitrogens with one attached hydrogen (secondary N) is 1. The third kappa shape index (κ3) is 3.79. The maximum Gasteiger partial charge on any atom is 0.389 e. The fourth-order valence-corrected chi connectivity index (χ4v) is 2.71. The Kier molecular flexibility index (Phi) is 4.80. The van der Waals surface area contributed by atoms with Crippen molar-refractivity contribution in [2.24, 2.45) is 0 Å². The SMILES string of the molecule is CNC(CCC(F)(F)F)c1cc2c(cc1Br)OCCO2. The summed E-state index contributed by atoms with van der Waals surface area (Å²) in [6.45, 7) is 0.920. The topological polar surface area (TPSA) is 30.5 Å². The zero-order valence-electron chi connectivity index (χ0n) is 10.9. The van der Waals surface area contributed by atoms with E-state index in [1.807, 2.05) is 0 Å². The van der Waals surface area contributed by atoms with Crippen molar-refractivity contribution in [3.8, 4) is 11.5 Å². The van der Waals surface area contributed by atoms with Gasteiger partial charge in [0.15, 0.2) is 11.5 Å². The Hall–Kier alpha value is -0.950. The summed E-state index contributed by atoms with van der Waals surface area (Å²) < 4.78 is 48.7. The molecule has 1 N–H and O–H groups in total. The molecule has 7 heteroatoms. The highest BCUT2D eigenvalue weighted by Gasteiger charge is 2.29. The average molecular weight is 354 g/mol. The molecule has 0 amide bonds. The molecule has 1 aliphatic rings. The van der Waals surface area contributed by atoms with Gasteiger partial charge in [-0.1, -0.05) is 15.9 Å². The lowest BCUT2D eigenvalue weighted by Gasteiger charge is -2.23. The number of alkyl halides is 3. The molecular formula is C13H15BrF3NO2. The zero-order valence-corrected chi connectivity index (χ0v) is 12.5. The molecule has 2 rings (SSSR count). The lowest BCUT2D eigenvalue weighted by Crippen LogP contribution is -2.21. The molecule has 1 aliphatic heterocycles. The molecular weight excluding hydrogens is 339 g/mol. The van der Waals surface area contributed by atoms with E-state index in [2.05, 4.69) is 21.2 Å². The highest BCUT2D eigenvalue weighted by atomic mass is 79.9. The van der Waals surface area contributed by atoms with E-state index in [1.54, 1.807) is 19.2 Å². The van der Waals surface area contributed by atoms with Gasteiger partial charge in [0.2, 0.25) is 0 Å². The van der Waals surface area contributed by atoms with Gasteiger partial charge < -0.3 is 14.8 Å². The summed E-state index contributed by atoms with van der Waals surface area (Å²) in [6.07, 6.45) is -5.02. The first-order valence-electron chi connectivity index (χ1n) is 6.24. The molecule has 0 fully saturated rings. The predicted octanol–water partition coefficient (Wildman–Crippen LogP) is 3.82. The average Bonchev–Trinajstić information content (AvgIpc) is 2.38. The molecule has 112 valence electrons. The van der Waals surface area contributed by atoms with Crippen LogP contribution in [-0.2, 0) is 0 Å². The van der Waals surface area contributed by atoms with Crippen LogP contribution in [0.3, 0.4) is 0 Å². The van der Waals surface area contributed by atoms with Crippen molar-refractivity contribution in [1.82, 2.24) is 5.32 Å². The van der Waals surface area contributed by atoms with Crippen LogP contribution in [0, 0.1) is 0 Å². The Bertz CT molecular complexity index is 479. The zero-order chi connectivity index (χ0) is 14.8. The number of rotatable bonds is 4. The van der Waals surface area contributed by atoms with Crippen molar-refractivity contribution in [1.29, 1.82) is 0 Å². The molecule has 1 atom stereocenters. The second kappa shape index (κ2) is 6.22. The summed E-state index contributed by atoms with van der Waals surface area (Å²) >= 11 is 3.38. The van der Waals surface area contributed by atoms with Crippen LogP contribution in [0.25, 0.3) is 0 Å². The fraction of sp³-hybridized carbons (Fsp3) is 0.538. The first-order chi connectivity index (χ1) is 9.40. The highest BCUT2D eigenvalue weighted by molar-refractivity contribution is 9.10. The number of benzene rings is 1. The molecule has 3 nitrogen and oxygen atoms in total. The van der Waals surface area contributed by atoms with Gasteiger partial charge in [-0.2, -0.15) is 13.2 Å². The lowest BCUT2D eigenvalue weighted by molar-refractivity contribution is -0.136. The second-order valence-electron chi connectivity index (χ2n) is 4.51. The van der Waals surface area contributed by atoms with Crippen molar-refractivity contribution in [2.75, 3.05) is 20.3 Å². The molecule has 1 aromatic rings. The largest absolute Gasteiger partial charge is 0.486 e. The molecule has 0 saturated carbocycles. The molecule has 0 spiro atoms. The summed E-state index contributed by atoms with van der Waals surface area (Å²) in [6, 6.07) is 3.07. The maximum atomic E-state index is 12.4. The number of fused-ring (bicyclic) bond motifs is 1. The van der Waals surface area contributed by atoms with E-state index >= 15 is 0 Å². The Labute approximate surface area is 123 Å². The van der Waals surface area contributed by atoms with Gasteiger partial charge in [-0.05, 0) is 31.2 Å². The predicted molar refractivity (Wildman–Crippen MR) is 72.2 cm³/mol. The van der Waals surface area contributed by atoms with Crippen LogP contribution < -0.4 is 14.8 Å². The molecule has 0 aliphatic carbocycles. The van der Waals surface area contributed by atoms with Gasteiger partial charge in [0.05, 0.1) is 0 Å². The van der Waals surface area contributed by atoms with Crippen molar-refractivity contribution in [3.05, 3.63) is 22.2 Å². The van der Waals surface area contributed by atoms with Gasteiger partial charge in [-0.15, -0.1) is 0 Å². The van der Waals surface area contributed by atoms with Crippen LogP contribution >= 0.6 is 15.9 Å². The van der Waals surface area contributed by atoms with Crippen LogP contribution in [0.2, 0.25) is 0 Å². The van der Waals surface area contributed by atoms with E-state index in [0.717, 1.165) is 5.56 Å².